The minimum absolute atomic E-state index is 0.0817. The zero-order valence-electron chi connectivity index (χ0n) is 12.2. The van der Waals surface area contributed by atoms with Crippen molar-refractivity contribution in [2.45, 2.75) is 71.3 Å². The summed E-state index contributed by atoms with van der Waals surface area (Å²) in [6.07, 6.45) is 8.44. The Morgan fingerprint density at radius 2 is 1.89 bits per heavy atom. The standard InChI is InChI=1S/C15H27NO3/c1-3-7-13(15(18)19)16-14(17)11(2)10-12-8-5-4-6-9-12/h11-13H,3-10H2,1-2H3,(H,16,17)(H,18,19). The summed E-state index contributed by atoms with van der Waals surface area (Å²) >= 11 is 0. The molecule has 1 rings (SSSR count). The van der Waals surface area contributed by atoms with Gasteiger partial charge in [0.25, 0.3) is 0 Å². The Morgan fingerprint density at radius 1 is 1.26 bits per heavy atom. The maximum atomic E-state index is 12.0. The molecule has 1 aliphatic carbocycles. The van der Waals surface area contributed by atoms with E-state index in [1.165, 1.54) is 32.1 Å². The highest BCUT2D eigenvalue weighted by molar-refractivity contribution is 5.84. The van der Waals surface area contributed by atoms with Crippen LogP contribution in [0.1, 0.15) is 65.2 Å². The van der Waals surface area contributed by atoms with Crippen molar-refractivity contribution in [1.29, 1.82) is 0 Å². The number of amides is 1. The molecule has 0 aromatic rings. The van der Waals surface area contributed by atoms with Gasteiger partial charge in [0.2, 0.25) is 5.91 Å². The van der Waals surface area contributed by atoms with Gasteiger partial charge in [0.05, 0.1) is 0 Å². The van der Waals surface area contributed by atoms with E-state index in [2.05, 4.69) is 5.32 Å². The number of carboxylic acid groups (broad SMARTS) is 1. The Morgan fingerprint density at radius 3 is 2.42 bits per heavy atom. The van der Waals surface area contributed by atoms with Crippen LogP contribution >= 0.6 is 0 Å². The predicted octanol–water partition coefficient (Wildman–Crippen LogP) is 2.96. The fourth-order valence-corrected chi connectivity index (χ4v) is 2.89. The van der Waals surface area contributed by atoms with Gasteiger partial charge in [0, 0.05) is 5.92 Å². The Hall–Kier alpha value is -1.06. The molecule has 0 saturated heterocycles. The van der Waals surface area contributed by atoms with Crippen LogP contribution in [-0.4, -0.2) is 23.0 Å². The van der Waals surface area contributed by atoms with Crippen molar-refractivity contribution >= 4 is 11.9 Å². The van der Waals surface area contributed by atoms with E-state index in [0.717, 1.165) is 12.8 Å². The van der Waals surface area contributed by atoms with Crippen molar-refractivity contribution in [3.05, 3.63) is 0 Å². The van der Waals surface area contributed by atoms with Crippen LogP contribution in [0, 0.1) is 11.8 Å². The summed E-state index contributed by atoms with van der Waals surface area (Å²) in [6, 6.07) is -0.730. The number of hydrogen-bond donors (Lipinski definition) is 2. The van der Waals surface area contributed by atoms with E-state index >= 15 is 0 Å². The maximum Gasteiger partial charge on any atom is 0.326 e. The van der Waals surface area contributed by atoms with Crippen LogP contribution in [0.2, 0.25) is 0 Å². The van der Waals surface area contributed by atoms with Gasteiger partial charge in [-0.15, -0.1) is 0 Å². The lowest BCUT2D eigenvalue weighted by Crippen LogP contribution is -2.43. The molecule has 1 saturated carbocycles. The maximum absolute atomic E-state index is 12.0. The topological polar surface area (TPSA) is 66.4 Å². The number of carbonyl (C=O) groups is 2. The normalized spacial score (nSPS) is 19.7. The number of carboxylic acids is 1. The summed E-state index contributed by atoms with van der Waals surface area (Å²) in [5, 5.41) is 11.7. The molecule has 1 aliphatic rings. The summed E-state index contributed by atoms with van der Waals surface area (Å²) in [6.45, 7) is 3.84. The largest absolute Gasteiger partial charge is 0.480 e. The van der Waals surface area contributed by atoms with Gasteiger partial charge in [-0.25, -0.2) is 4.79 Å². The number of rotatable bonds is 7. The summed E-state index contributed by atoms with van der Waals surface area (Å²) in [5.74, 6) is -0.475. The molecule has 0 spiro atoms. The average molecular weight is 269 g/mol. The van der Waals surface area contributed by atoms with E-state index in [1.807, 2.05) is 13.8 Å². The lowest BCUT2D eigenvalue weighted by Gasteiger charge is -2.25. The van der Waals surface area contributed by atoms with E-state index < -0.39 is 12.0 Å². The van der Waals surface area contributed by atoms with Crippen molar-refractivity contribution in [1.82, 2.24) is 5.32 Å². The van der Waals surface area contributed by atoms with E-state index in [9.17, 15) is 9.59 Å². The lowest BCUT2D eigenvalue weighted by molar-refractivity contribution is -0.142. The van der Waals surface area contributed by atoms with Crippen LogP contribution in [0.15, 0.2) is 0 Å². The van der Waals surface area contributed by atoms with E-state index in [0.29, 0.717) is 12.3 Å². The second kappa shape index (κ2) is 8.18. The van der Waals surface area contributed by atoms with E-state index in [1.54, 1.807) is 0 Å². The van der Waals surface area contributed by atoms with Crippen LogP contribution in [0.4, 0.5) is 0 Å². The number of nitrogens with one attached hydrogen (secondary N) is 1. The van der Waals surface area contributed by atoms with Crippen LogP contribution in [-0.2, 0) is 9.59 Å². The third kappa shape index (κ3) is 5.62. The van der Waals surface area contributed by atoms with Gasteiger partial charge in [-0.3, -0.25) is 4.79 Å². The SMILES string of the molecule is CCCC(NC(=O)C(C)CC1CCCCC1)C(=O)O. The molecule has 2 N–H and O–H groups in total. The highest BCUT2D eigenvalue weighted by Crippen LogP contribution is 2.29. The lowest BCUT2D eigenvalue weighted by atomic mass is 9.83. The average Bonchev–Trinajstić information content (AvgIpc) is 2.39. The molecule has 19 heavy (non-hydrogen) atoms. The van der Waals surface area contributed by atoms with Crippen LogP contribution in [0.3, 0.4) is 0 Å². The van der Waals surface area contributed by atoms with Crippen molar-refractivity contribution in [2.75, 3.05) is 0 Å². The molecule has 1 fully saturated rings. The van der Waals surface area contributed by atoms with Crippen molar-refractivity contribution in [3.63, 3.8) is 0 Å². The molecule has 0 heterocycles. The van der Waals surface area contributed by atoms with Crippen LogP contribution in [0.5, 0.6) is 0 Å². The number of carbonyl (C=O) groups excluding carboxylic acids is 1. The van der Waals surface area contributed by atoms with Crippen LogP contribution < -0.4 is 5.32 Å². The van der Waals surface area contributed by atoms with Crippen LogP contribution in [0.25, 0.3) is 0 Å². The Bertz CT molecular complexity index is 298. The molecule has 4 nitrogen and oxygen atoms in total. The van der Waals surface area contributed by atoms with Gasteiger partial charge in [0.1, 0.15) is 6.04 Å². The molecular weight excluding hydrogens is 242 g/mol. The summed E-state index contributed by atoms with van der Waals surface area (Å²) in [5.41, 5.74) is 0. The number of aliphatic carboxylic acids is 1. The molecule has 2 atom stereocenters. The van der Waals surface area contributed by atoms with Gasteiger partial charge < -0.3 is 10.4 Å². The first-order valence-corrected chi connectivity index (χ1v) is 7.57. The Balaban J connectivity index is 2.39. The minimum atomic E-state index is -0.930. The highest BCUT2D eigenvalue weighted by Gasteiger charge is 2.24. The van der Waals surface area contributed by atoms with Gasteiger partial charge in [0.15, 0.2) is 0 Å². The molecule has 4 heteroatoms. The molecule has 1 amide bonds. The van der Waals surface area contributed by atoms with E-state index in [-0.39, 0.29) is 11.8 Å². The van der Waals surface area contributed by atoms with Gasteiger partial charge in [-0.1, -0.05) is 52.4 Å². The fraction of sp³-hybridized carbons (Fsp3) is 0.867. The van der Waals surface area contributed by atoms with Gasteiger partial charge in [-0.05, 0) is 18.8 Å². The first-order chi connectivity index (χ1) is 9.04. The predicted molar refractivity (Wildman–Crippen MR) is 74.8 cm³/mol. The van der Waals surface area contributed by atoms with Crippen molar-refractivity contribution in [3.8, 4) is 0 Å². The minimum Gasteiger partial charge on any atom is -0.480 e. The third-order valence-corrected chi connectivity index (χ3v) is 4.05. The first-order valence-electron chi connectivity index (χ1n) is 7.57. The zero-order valence-corrected chi connectivity index (χ0v) is 12.2. The van der Waals surface area contributed by atoms with Gasteiger partial charge >= 0.3 is 5.97 Å². The smallest absolute Gasteiger partial charge is 0.326 e. The second-order valence-electron chi connectivity index (χ2n) is 5.83. The number of hydrogen-bond acceptors (Lipinski definition) is 2. The van der Waals surface area contributed by atoms with Crippen molar-refractivity contribution < 1.29 is 14.7 Å². The third-order valence-electron chi connectivity index (χ3n) is 4.05. The fourth-order valence-electron chi connectivity index (χ4n) is 2.89. The summed E-state index contributed by atoms with van der Waals surface area (Å²) in [4.78, 5) is 23.1. The molecular formula is C15H27NO3. The zero-order chi connectivity index (χ0) is 14.3. The molecule has 0 aromatic heterocycles. The highest BCUT2D eigenvalue weighted by atomic mass is 16.4. The monoisotopic (exact) mass is 269 g/mol. The Labute approximate surface area is 116 Å². The van der Waals surface area contributed by atoms with E-state index in [4.69, 9.17) is 5.11 Å². The summed E-state index contributed by atoms with van der Waals surface area (Å²) < 4.78 is 0. The molecule has 0 radical (unpaired) electrons. The van der Waals surface area contributed by atoms with Crippen molar-refractivity contribution in [2.24, 2.45) is 11.8 Å². The molecule has 2 unspecified atom stereocenters. The molecule has 0 aromatic carbocycles. The van der Waals surface area contributed by atoms with Gasteiger partial charge in [-0.2, -0.15) is 0 Å². The molecule has 110 valence electrons. The molecule has 0 bridgehead atoms. The summed E-state index contributed by atoms with van der Waals surface area (Å²) in [7, 11) is 0. The first kappa shape index (κ1) is 16.0. The second-order valence-corrected chi connectivity index (χ2v) is 5.83. The molecule has 0 aliphatic heterocycles. The Kier molecular flexibility index (Phi) is 6.89. The quantitative estimate of drug-likeness (QED) is 0.746.